The Bertz CT molecular complexity index is 95.6. The number of hydrogen-bond acceptors (Lipinski definition) is 0. The van der Waals surface area contributed by atoms with Gasteiger partial charge in [-0.15, -0.1) is 0 Å². The van der Waals surface area contributed by atoms with E-state index in [9.17, 15) is 0 Å². The van der Waals surface area contributed by atoms with Crippen molar-refractivity contribution in [3.05, 3.63) is 10.0 Å². The van der Waals surface area contributed by atoms with Gasteiger partial charge in [0.25, 0.3) is 0 Å². The molecule has 0 amide bonds. The van der Waals surface area contributed by atoms with Gasteiger partial charge in [0.05, 0.1) is 3.94 Å². The summed E-state index contributed by atoms with van der Waals surface area (Å²) in [6, 6.07) is 0. The maximum atomic E-state index is 5.54. The van der Waals surface area contributed by atoms with Crippen LogP contribution in [0.25, 0.3) is 0 Å². The van der Waals surface area contributed by atoms with Gasteiger partial charge in [0.1, 0.15) is 0 Å². The van der Waals surface area contributed by atoms with Crippen LogP contribution in [0.2, 0.25) is 0 Å². The predicted octanol–water partition coefficient (Wildman–Crippen LogP) is 3.51. The standard InChI is InChI=1S/C6H10BrCl/c1-6(2,3)4-5(7)8/h4H,1-3H3/b5-4+. The number of allylic oxidation sites excluding steroid dienone is 1. The molecular formula is C6H10BrCl. The molecule has 0 aromatic carbocycles. The van der Waals surface area contributed by atoms with Gasteiger partial charge >= 0.3 is 0 Å². The fourth-order valence-electron chi connectivity index (χ4n) is 0.327. The lowest BCUT2D eigenvalue weighted by Crippen LogP contribution is -1.98. The summed E-state index contributed by atoms with van der Waals surface area (Å²) in [6.45, 7) is 6.28. The van der Waals surface area contributed by atoms with E-state index in [1.165, 1.54) is 0 Å². The van der Waals surface area contributed by atoms with Gasteiger partial charge in [-0.3, -0.25) is 0 Å². The van der Waals surface area contributed by atoms with Gasteiger partial charge in [-0.05, 0) is 21.3 Å². The highest BCUT2D eigenvalue weighted by atomic mass is 79.9. The lowest BCUT2D eigenvalue weighted by Gasteiger charge is -2.10. The van der Waals surface area contributed by atoms with E-state index in [4.69, 9.17) is 11.6 Å². The summed E-state index contributed by atoms with van der Waals surface area (Å²) in [5, 5.41) is 0. The molecule has 0 saturated heterocycles. The van der Waals surface area contributed by atoms with Gasteiger partial charge in [-0.25, -0.2) is 0 Å². The Morgan fingerprint density at radius 3 is 1.88 bits per heavy atom. The molecule has 48 valence electrons. The van der Waals surface area contributed by atoms with Crippen molar-refractivity contribution in [2.75, 3.05) is 0 Å². The minimum atomic E-state index is 0.181. The van der Waals surface area contributed by atoms with Crippen molar-refractivity contribution in [1.29, 1.82) is 0 Å². The lowest BCUT2D eigenvalue weighted by atomic mass is 9.98. The highest BCUT2D eigenvalue weighted by Gasteiger charge is 2.04. The summed E-state index contributed by atoms with van der Waals surface area (Å²) >= 11 is 8.68. The van der Waals surface area contributed by atoms with Crippen LogP contribution in [0.3, 0.4) is 0 Å². The molecule has 8 heavy (non-hydrogen) atoms. The second-order valence-electron chi connectivity index (χ2n) is 2.80. The van der Waals surface area contributed by atoms with Crippen LogP contribution in [0.15, 0.2) is 10.0 Å². The van der Waals surface area contributed by atoms with Crippen molar-refractivity contribution in [3.63, 3.8) is 0 Å². The van der Waals surface area contributed by atoms with E-state index in [1.807, 2.05) is 6.08 Å². The fraction of sp³-hybridized carbons (Fsp3) is 0.667. The van der Waals surface area contributed by atoms with E-state index in [2.05, 4.69) is 36.7 Å². The van der Waals surface area contributed by atoms with Crippen LogP contribution < -0.4 is 0 Å². The first kappa shape index (κ1) is 8.51. The number of rotatable bonds is 0. The molecule has 0 saturated carbocycles. The maximum Gasteiger partial charge on any atom is 0.0799 e. The molecule has 2 heteroatoms. The van der Waals surface area contributed by atoms with Crippen molar-refractivity contribution >= 4 is 27.5 Å². The fourth-order valence-corrected chi connectivity index (χ4v) is 1.34. The molecule has 0 aromatic heterocycles. The molecule has 0 unspecified atom stereocenters. The van der Waals surface area contributed by atoms with Crippen molar-refractivity contribution in [1.82, 2.24) is 0 Å². The summed E-state index contributed by atoms with van der Waals surface area (Å²) < 4.78 is 0.685. The topological polar surface area (TPSA) is 0 Å². The molecule has 0 atom stereocenters. The third-order valence-electron chi connectivity index (χ3n) is 0.542. The van der Waals surface area contributed by atoms with Gasteiger partial charge in [0.15, 0.2) is 0 Å². The average Bonchev–Trinajstić information content (AvgIpc) is 1.21. The largest absolute Gasteiger partial charge is 0.0799 e. The minimum absolute atomic E-state index is 0.181. The summed E-state index contributed by atoms with van der Waals surface area (Å²) in [6.07, 6.45) is 1.95. The molecule has 0 aliphatic carbocycles. The molecule has 0 aliphatic rings. The summed E-state index contributed by atoms with van der Waals surface area (Å²) in [5.74, 6) is 0. The van der Waals surface area contributed by atoms with Crippen LogP contribution in [-0.4, -0.2) is 0 Å². The number of halogens is 2. The molecular weight excluding hydrogens is 187 g/mol. The van der Waals surface area contributed by atoms with E-state index in [1.54, 1.807) is 0 Å². The number of hydrogen-bond donors (Lipinski definition) is 0. The molecule has 0 rings (SSSR count). The van der Waals surface area contributed by atoms with Gasteiger partial charge in [-0.1, -0.05) is 38.4 Å². The molecule has 0 radical (unpaired) electrons. The molecule has 0 bridgehead atoms. The third kappa shape index (κ3) is 6.51. The van der Waals surface area contributed by atoms with Crippen LogP contribution in [0.1, 0.15) is 20.8 Å². The maximum absolute atomic E-state index is 5.54. The summed E-state index contributed by atoms with van der Waals surface area (Å²) in [4.78, 5) is 0. The van der Waals surface area contributed by atoms with Gasteiger partial charge in [0.2, 0.25) is 0 Å². The third-order valence-corrected chi connectivity index (χ3v) is 0.880. The lowest BCUT2D eigenvalue weighted by molar-refractivity contribution is 0.544. The Hall–Kier alpha value is 0.510. The second kappa shape index (κ2) is 2.88. The van der Waals surface area contributed by atoms with Crippen molar-refractivity contribution < 1.29 is 0 Å². The zero-order valence-corrected chi connectivity index (χ0v) is 7.68. The van der Waals surface area contributed by atoms with Crippen molar-refractivity contribution in [2.24, 2.45) is 5.41 Å². The van der Waals surface area contributed by atoms with Crippen LogP contribution >= 0.6 is 27.5 Å². The molecule has 0 spiro atoms. The Morgan fingerprint density at radius 1 is 1.50 bits per heavy atom. The Morgan fingerprint density at radius 2 is 1.88 bits per heavy atom. The molecule has 0 aliphatic heterocycles. The van der Waals surface area contributed by atoms with E-state index in [0.717, 1.165) is 0 Å². The smallest absolute Gasteiger partial charge is 0.0765 e. The van der Waals surface area contributed by atoms with Gasteiger partial charge in [0, 0.05) is 0 Å². The Kier molecular flexibility index (Phi) is 3.07. The SMILES string of the molecule is CC(C)(C)/C=C(/Cl)Br. The van der Waals surface area contributed by atoms with Crippen LogP contribution in [0, 0.1) is 5.41 Å². The first-order valence-corrected chi connectivity index (χ1v) is 3.63. The predicted molar refractivity (Wildman–Crippen MR) is 42.3 cm³/mol. The first-order valence-electron chi connectivity index (χ1n) is 2.46. The summed E-state index contributed by atoms with van der Waals surface area (Å²) in [7, 11) is 0. The zero-order valence-electron chi connectivity index (χ0n) is 5.33. The Balaban J connectivity index is 3.89. The highest BCUT2D eigenvalue weighted by molar-refractivity contribution is 9.12. The highest BCUT2D eigenvalue weighted by Crippen LogP contribution is 2.22. The second-order valence-corrected chi connectivity index (χ2v) is 4.52. The van der Waals surface area contributed by atoms with Gasteiger partial charge in [-0.2, -0.15) is 0 Å². The van der Waals surface area contributed by atoms with Crippen LogP contribution in [0.4, 0.5) is 0 Å². The van der Waals surface area contributed by atoms with E-state index >= 15 is 0 Å². The van der Waals surface area contributed by atoms with Crippen LogP contribution in [-0.2, 0) is 0 Å². The first-order chi connectivity index (χ1) is 3.42. The van der Waals surface area contributed by atoms with Gasteiger partial charge < -0.3 is 0 Å². The zero-order chi connectivity index (χ0) is 6.78. The molecule has 0 nitrogen and oxygen atoms in total. The Labute approximate surface area is 64.0 Å². The summed E-state index contributed by atoms with van der Waals surface area (Å²) in [5.41, 5.74) is 0.181. The van der Waals surface area contributed by atoms with E-state index in [-0.39, 0.29) is 5.41 Å². The monoisotopic (exact) mass is 196 g/mol. The minimum Gasteiger partial charge on any atom is -0.0765 e. The molecule has 0 N–H and O–H groups in total. The van der Waals surface area contributed by atoms with E-state index < -0.39 is 0 Å². The molecule has 0 heterocycles. The molecule has 0 fully saturated rings. The normalized spacial score (nSPS) is 14.4. The molecule has 0 aromatic rings. The van der Waals surface area contributed by atoms with Crippen molar-refractivity contribution in [2.45, 2.75) is 20.8 Å². The van der Waals surface area contributed by atoms with Crippen molar-refractivity contribution in [3.8, 4) is 0 Å². The van der Waals surface area contributed by atoms with E-state index in [0.29, 0.717) is 3.94 Å². The average molecular weight is 198 g/mol. The quantitative estimate of drug-likeness (QED) is 0.557. The van der Waals surface area contributed by atoms with Crippen LogP contribution in [0.5, 0.6) is 0 Å².